The van der Waals surface area contributed by atoms with Gasteiger partial charge in [0.1, 0.15) is 0 Å². The Hall–Kier alpha value is -0.340. The van der Waals surface area contributed by atoms with Crippen LogP contribution in [0.25, 0.3) is 0 Å². The fraction of sp³-hybridized carbons (Fsp3) is 0.933. The molecular weight excluding hydrogens is 392 g/mol. The molecule has 182 valence electrons. The molecule has 2 heteroatoms. The molecule has 0 heterocycles. The number of hydrogen-bond acceptors (Lipinski definition) is 2. The highest BCUT2D eigenvalue weighted by Crippen LogP contribution is 2.75. The van der Waals surface area contributed by atoms with E-state index in [0.717, 1.165) is 6.42 Å². The molecule has 0 saturated heterocycles. The van der Waals surface area contributed by atoms with Crippen LogP contribution in [0.1, 0.15) is 113 Å². The van der Waals surface area contributed by atoms with Gasteiger partial charge in [-0.05, 0) is 109 Å². The van der Waals surface area contributed by atoms with E-state index >= 15 is 0 Å². The summed E-state index contributed by atoms with van der Waals surface area (Å²) in [6, 6.07) is 0. The van der Waals surface area contributed by atoms with Gasteiger partial charge in [-0.25, -0.2) is 0 Å². The lowest BCUT2D eigenvalue weighted by molar-refractivity contribution is -0.204. The fourth-order valence-corrected chi connectivity index (χ4v) is 10.6. The third-order valence-electron chi connectivity index (χ3n) is 13.1. The Bertz CT molecular complexity index is 810. The van der Waals surface area contributed by atoms with Crippen molar-refractivity contribution >= 4 is 0 Å². The third kappa shape index (κ3) is 2.78. The van der Waals surface area contributed by atoms with Gasteiger partial charge in [0.25, 0.3) is 0 Å². The lowest BCUT2D eigenvalue weighted by Gasteiger charge is -2.71. The number of rotatable bonds is 1. The first-order valence-electron chi connectivity index (χ1n) is 13.8. The van der Waals surface area contributed by atoms with Crippen molar-refractivity contribution < 1.29 is 10.2 Å². The topological polar surface area (TPSA) is 40.5 Å². The lowest BCUT2D eigenvalue weighted by atomic mass is 9.33. The molecule has 5 aliphatic carbocycles. The van der Waals surface area contributed by atoms with Gasteiger partial charge in [-0.2, -0.15) is 0 Å². The van der Waals surface area contributed by atoms with E-state index in [1.165, 1.54) is 57.8 Å². The number of allylic oxidation sites excluding steroid dienone is 2. The van der Waals surface area contributed by atoms with Crippen LogP contribution in [-0.4, -0.2) is 22.9 Å². The van der Waals surface area contributed by atoms with Gasteiger partial charge in [0.05, 0.1) is 6.10 Å². The van der Waals surface area contributed by atoms with E-state index < -0.39 is 0 Å². The van der Waals surface area contributed by atoms with Gasteiger partial charge in [-0.1, -0.05) is 60.1 Å². The molecule has 0 aliphatic heterocycles. The van der Waals surface area contributed by atoms with Gasteiger partial charge >= 0.3 is 0 Å². The monoisotopic (exact) mass is 442 g/mol. The van der Waals surface area contributed by atoms with E-state index in [0.29, 0.717) is 40.6 Å². The van der Waals surface area contributed by atoms with Crippen molar-refractivity contribution in [1.82, 2.24) is 0 Å². The summed E-state index contributed by atoms with van der Waals surface area (Å²) in [6.07, 6.45) is 14.6. The molecule has 0 bridgehead atoms. The van der Waals surface area contributed by atoms with Crippen LogP contribution in [0.15, 0.2) is 11.6 Å². The quantitative estimate of drug-likeness (QED) is 0.424. The van der Waals surface area contributed by atoms with Crippen molar-refractivity contribution in [1.29, 1.82) is 0 Å². The van der Waals surface area contributed by atoms with Gasteiger partial charge in [-0.15, -0.1) is 0 Å². The molecule has 32 heavy (non-hydrogen) atoms. The number of aliphatic hydroxyl groups excluding tert-OH is 2. The molecule has 0 radical (unpaired) electrons. The van der Waals surface area contributed by atoms with Crippen molar-refractivity contribution in [2.75, 3.05) is 6.61 Å². The third-order valence-corrected chi connectivity index (χ3v) is 13.1. The number of aliphatic hydroxyl groups is 2. The van der Waals surface area contributed by atoms with Crippen molar-refractivity contribution in [2.24, 2.45) is 50.2 Å². The average molecular weight is 443 g/mol. The van der Waals surface area contributed by atoms with Crippen LogP contribution in [0, 0.1) is 50.2 Å². The molecule has 2 nitrogen and oxygen atoms in total. The average Bonchev–Trinajstić information content (AvgIpc) is 2.71. The second-order valence-electron chi connectivity index (χ2n) is 15.1. The Morgan fingerprint density at radius 3 is 2.22 bits per heavy atom. The molecule has 0 aromatic carbocycles. The molecule has 2 unspecified atom stereocenters. The first-order valence-corrected chi connectivity index (χ1v) is 13.8. The van der Waals surface area contributed by atoms with Gasteiger partial charge in [0.15, 0.2) is 0 Å². The second kappa shape index (κ2) is 6.87. The van der Waals surface area contributed by atoms with Gasteiger partial charge in [-0.3, -0.25) is 0 Å². The second-order valence-corrected chi connectivity index (χ2v) is 15.1. The van der Waals surface area contributed by atoms with E-state index in [4.69, 9.17) is 0 Å². The number of hydrogen-bond donors (Lipinski definition) is 2. The first-order chi connectivity index (χ1) is 14.8. The molecular formula is C30H50O2. The Morgan fingerprint density at radius 1 is 0.844 bits per heavy atom. The van der Waals surface area contributed by atoms with Crippen LogP contribution in [0.2, 0.25) is 0 Å². The highest BCUT2D eigenvalue weighted by Gasteiger charge is 2.68. The van der Waals surface area contributed by atoms with Gasteiger partial charge in [0.2, 0.25) is 0 Å². The minimum absolute atomic E-state index is 0.0191. The van der Waals surface area contributed by atoms with Gasteiger partial charge in [0, 0.05) is 12.0 Å². The normalized spacial score (nSPS) is 53.8. The summed E-state index contributed by atoms with van der Waals surface area (Å²) in [5.41, 5.74) is 3.16. The van der Waals surface area contributed by atoms with E-state index in [1.54, 1.807) is 5.57 Å². The maximum atomic E-state index is 10.9. The Kier molecular flexibility index (Phi) is 5.02. The highest BCUT2D eigenvalue weighted by molar-refractivity contribution is 5.33. The zero-order valence-electron chi connectivity index (χ0n) is 22.1. The summed E-state index contributed by atoms with van der Waals surface area (Å²) < 4.78 is 0. The fourth-order valence-electron chi connectivity index (χ4n) is 10.6. The van der Waals surface area contributed by atoms with Crippen LogP contribution in [-0.2, 0) is 0 Å². The Morgan fingerprint density at radius 2 is 1.53 bits per heavy atom. The van der Waals surface area contributed by atoms with E-state index in [-0.39, 0.29) is 22.3 Å². The predicted octanol–water partition coefficient (Wildman–Crippen LogP) is 7.14. The minimum atomic E-state index is -0.153. The summed E-state index contributed by atoms with van der Waals surface area (Å²) in [4.78, 5) is 0. The maximum absolute atomic E-state index is 10.9. The molecule has 0 aromatic heterocycles. The summed E-state index contributed by atoms with van der Waals surface area (Å²) >= 11 is 0. The predicted molar refractivity (Wildman–Crippen MR) is 132 cm³/mol. The van der Waals surface area contributed by atoms with Crippen molar-refractivity contribution in [2.45, 2.75) is 119 Å². The minimum Gasteiger partial charge on any atom is -0.396 e. The lowest BCUT2D eigenvalue weighted by Crippen LogP contribution is -2.64. The van der Waals surface area contributed by atoms with Crippen LogP contribution in [0.3, 0.4) is 0 Å². The largest absolute Gasteiger partial charge is 0.396 e. The Balaban J connectivity index is 1.58. The standard InChI is InChI=1S/C30H50O2/c1-25(2)14-16-30(19-31)17-15-28(6)20(21(30)18-25)8-9-23-27(5)12-11-24(32)26(3,4)22(27)10-13-29(23,28)7/h8,21-24,31-32H,9-19H2,1-7H3/t21-,22?,23?,24-,27-,28-,29+,30+/m0/s1. The molecule has 0 aromatic rings. The van der Waals surface area contributed by atoms with Crippen molar-refractivity contribution in [3.63, 3.8) is 0 Å². The van der Waals surface area contributed by atoms with Crippen LogP contribution >= 0.6 is 0 Å². The zero-order chi connectivity index (χ0) is 23.4. The molecule has 0 spiro atoms. The SMILES string of the molecule is CC1(C)CC[C@]2(CO)CC[C@@]3(C)C(=CCC4[C@@]5(C)CC[C@H](O)C(C)(C)C5CC[C@]43C)[C@@H]2C1. The molecule has 4 fully saturated rings. The van der Waals surface area contributed by atoms with Crippen molar-refractivity contribution in [3.8, 4) is 0 Å². The van der Waals surface area contributed by atoms with Crippen LogP contribution in [0.4, 0.5) is 0 Å². The molecule has 0 amide bonds. The molecule has 2 N–H and O–H groups in total. The summed E-state index contributed by atoms with van der Waals surface area (Å²) in [5, 5.41) is 21.5. The molecule has 4 saturated carbocycles. The van der Waals surface area contributed by atoms with Crippen LogP contribution < -0.4 is 0 Å². The maximum Gasteiger partial charge on any atom is 0.0594 e. The number of fused-ring (bicyclic) bond motifs is 7. The molecule has 5 rings (SSSR count). The van der Waals surface area contributed by atoms with Crippen molar-refractivity contribution in [3.05, 3.63) is 11.6 Å². The summed E-state index contributed by atoms with van der Waals surface area (Å²) in [7, 11) is 0. The van der Waals surface area contributed by atoms with Gasteiger partial charge < -0.3 is 10.2 Å². The van der Waals surface area contributed by atoms with Crippen LogP contribution in [0.5, 0.6) is 0 Å². The zero-order valence-corrected chi connectivity index (χ0v) is 22.1. The van der Waals surface area contributed by atoms with E-state index in [9.17, 15) is 10.2 Å². The Labute approximate surface area is 197 Å². The van der Waals surface area contributed by atoms with E-state index in [1.807, 2.05) is 0 Å². The van der Waals surface area contributed by atoms with E-state index in [2.05, 4.69) is 54.5 Å². The first kappa shape index (κ1) is 23.4. The summed E-state index contributed by atoms with van der Waals surface area (Å²) in [6.45, 7) is 17.8. The molecule has 5 aliphatic rings. The summed E-state index contributed by atoms with van der Waals surface area (Å²) in [5.74, 6) is 1.87. The molecule has 8 atom stereocenters. The highest BCUT2D eigenvalue weighted by atomic mass is 16.3. The smallest absolute Gasteiger partial charge is 0.0594 e.